The highest BCUT2D eigenvalue weighted by Gasteiger charge is 2.21. The van der Waals surface area contributed by atoms with Crippen LogP contribution < -0.4 is 10.1 Å². The number of methoxy groups -OCH3 is 1. The van der Waals surface area contributed by atoms with Gasteiger partial charge in [0.05, 0.1) is 7.11 Å². The van der Waals surface area contributed by atoms with Crippen molar-refractivity contribution in [2.24, 2.45) is 0 Å². The second kappa shape index (κ2) is 5.60. The molecule has 1 heterocycles. The van der Waals surface area contributed by atoms with Crippen LogP contribution in [0.25, 0.3) is 0 Å². The second-order valence-corrected chi connectivity index (χ2v) is 5.21. The van der Waals surface area contributed by atoms with Crippen molar-refractivity contribution < 1.29 is 4.74 Å². The standard InChI is InChI=1S/C13H19NOS/c1-3-11-8-16-9-13(14-11)10-4-6-12(15-2)7-5-10/h4-7,11,13-14H,3,8-9H2,1-2H3. The number of hydrogen-bond acceptors (Lipinski definition) is 3. The van der Waals surface area contributed by atoms with Crippen molar-refractivity contribution in [1.29, 1.82) is 0 Å². The molecule has 1 aliphatic heterocycles. The Kier molecular flexibility index (Phi) is 4.13. The van der Waals surface area contributed by atoms with Crippen LogP contribution in [0, 0.1) is 0 Å². The van der Waals surface area contributed by atoms with Crippen LogP contribution in [-0.2, 0) is 0 Å². The molecule has 2 unspecified atom stereocenters. The van der Waals surface area contributed by atoms with Crippen LogP contribution in [0.4, 0.5) is 0 Å². The Labute approximate surface area is 102 Å². The fourth-order valence-corrected chi connectivity index (χ4v) is 3.25. The Balaban J connectivity index is 2.05. The van der Waals surface area contributed by atoms with Gasteiger partial charge in [-0.3, -0.25) is 0 Å². The van der Waals surface area contributed by atoms with E-state index in [-0.39, 0.29) is 0 Å². The summed E-state index contributed by atoms with van der Waals surface area (Å²) in [6.45, 7) is 2.24. The number of thioether (sulfide) groups is 1. The molecular formula is C13H19NOS. The number of ether oxygens (including phenoxy) is 1. The largest absolute Gasteiger partial charge is 0.497 e. The molecule has 0 aliphatic carbocycles. The first kappa shape index (κ1) is 11.8. The fraction of sp³-hybridized carbons (Fsp3) is 0.538. The van der Waals surface area contributed by atoms with E-state index in [1.54, 1.807) is 7.11 Å². The summed E-state index contributed by atoms with van der Waals surface area (Å²) < 4.78 is 5.17. The van der Waals surface area contributed by atoms with Gasteiger partial charge in [0.2, 0.25) is 0 Å². The summed E-state index contributed by atoms with van der Waals surface area (Å²) in [7, 11) is 1.71. The van der Waals surface area contributed by atoms with Crippen molar-refractivity contribution in [1.82, 2.24) is 5.32 Å². The first-order chi connectivity index (χ1) is 7.83. The van der Waals surface area contributed by atoms with Crippen molar-refractivity contribution in [3.8, 4) is 5.75 Å². The molecule has 0 aromatic heterocycles. The molecular weight excluding hydrogens is 218 g/mol. The van der Waals surface area contributed by atoms with Gasteiger partial charge in [-0.05, 0) is 24.1 Å². The Morgan fingerprint density at radius 3 is 2.69 bits per heavy atom. The van der Waals surface area contributed by atoms with Gasteiger partial charge in [-0.25, -0.2) is 0 Å². The molecule has 0 bridgehead atoms. The summed E-state index contributed by atoms with van der Waals surface area (Å²) in [6.07, 6.45) is 1.21. The SMILES string of the molecule is CCC1CSCC(c2ccc(OC)cc2)N1. The molecule has 3 heteroatoms. The van der Waals surface area contributed by atoms with E-state index < -0.39 is 0 Å². The van der Waals surface area contributed by atoms with Gasteiger partial charge < -0.3 is 10.1 Å². The highest BCUT2D eigenvalue weighted by Crippen LogP contribution is 2.26. The van der Waals surface area contributed by atoms with Crippen molar-refractivity contribution in [2.45, 2.75) is 25.4 Å². The van der Waals surface area contributed by atoms with Crippen molar-refractivity contribution >= 4 is 11.8 Å². The first-order valence-corrected chi connectivity index (χ1v) is 6.96. The van der Waals surface area contributed by atoms with Crippen LogP contribution in [0.2, 0.25) is 0 Å². The van der Waals surface area contributed by atoms with Gasteiger partial charge in [0.25, 0.3) is 0 Å². The van der Waals surface area contributed by atoms with E-state index >= 15 is 0 Å². The van der Waals surface area contributed by atoms with Gasteiger partial charge in [0.1, 0.15) is 5.75 Å². The molecule has 1 saturated heterocycles. The highest BCUT2D eigenvalue weighted by atomic mass is 32.2. The van der Waals surface area contributed by atoms with Gasteiger partial charge in [-0.1, -0.05) is 19.1 Å². The summed E-state index contributed by atoms with van der Waals surface area (Å²) in [5.41, 5.74) is 1.37. The molecule has 1 N–H and O–H groups in total. The average Bonchev–Trinajstić information content (AvgIpc) is 2.39. The maximum absolute atomic E-state index is 5.17. The lowest BCUT2D eigenvalue weighted by molar-refractivity contribution is 0.414. The molecule has 0 radical (unpaired) electrons. The summed E-state index contributed by atoms with van der Waals surface area (Å²) >= 11 is 2.05. The number of benzene rings is 1. The predicted molar refractivity (Wildman–Crippen MR) is 70.3 cm³/mol. The summed E-state index contributed by atoms with van der Waals surface area (Å²) in [6, 6.07) is 9.55. The van der Waals surface area contributed by atoms with Gasteiger partial charge in [0.15, 0.2) is 0 Å². The van der Waals surface area contributed by atoms with Gasteiger partial charge in [0, 0.05) is 23.6 Å². The van der Waals surface area contributed by atoms with Crippen LogP contribution in [0.5, 0.6) is 5.75 Å². The minimum Gasteiger partial charge on any atom is -0.497 e. The quantitative estimate of drug-likeness (QED) is 0.873. The van der Waals surface area contributed by atoms with E-state index in [4.69, 9.17) is 4.74 Å². The molecule has 16 heavy (non-hydrogen) atoms. The Morgan fingerprint density at radius 2 is 2.06 bits per heavy atom. The lowest BCUT2D eigenvalue weighted by Crippen LogP contribution is -2.39. The van der Waals surface area contributed by atoms with Gasteiger partial charge in [-0.2, -0.15) is 11.8 Å². The second-order valence-electron chi connectivity index (χ2n) is 4.14. The molecule has 1 aromatic rings. The molecule has 2 atom stereocenters. The number of nitrogens with one attached hydrogen (secondary N) is 1. The lowest BCUT2D eigenvalue weighted by atomic mass is 10.1. The molecule has 1 aromatic carbocycles. The zero-order valence-corrected chi connectivity index (χ0v) is 10.7. The average molecular weight is 237 g/mol. The highest BCUT2D eigenvalue weighted by molar-refractivity contribution is 7.99. The Bertz CT molecular complexity index is 325. The third-order valence-corrected chi connectivity index (χ3v) is 4.26. The minimum atomic E-state index is 0.495. The smallest absolute Gasteiger partial charge is 0.118 e. The summed E-state index contributed by atoms with van der Waals surface area (Å²) in [5, 5.41) is 3.70. The third-order valence-electron chi connectivity index (χ3n) is 3.05. The van der Waals surface area contributed by atoms with E-state index in [9.17, 15) is 0 Å². The maximum Gasteiger partial charge on any atom is 0.118 e. The monoisotopic (exact) mass is 237 g/mol. The molecule has 0 amide bonds. The predicted octanol–water partition coefficient (Wildman–Crippen LogP) is 2.85. The zero-order chi connectivity index (χ0) is 11.4. The number of rotatable bonds is 3. The maximum atomic E-state index is 5.17. The molecule has 1 fully saturated rings. The van der Waals surface area contributed by atoms with Crippen molar-refractivity contribution in [3.63, 3.8) is 0 Å². The Hall–Kier alpha value is -0.670. The molecule has 2 rings (SSSR count). The topological polar surface area (TPSA) is 21.3 Å². The van der Waals surface area contributed by atoms with Gasteiger partial charge in [-0.15, -0.1) is 0 Å². The van der Waals surface area contributed by atoms with Crippen molar-refractivity contribution in [2.75, 3.05) is 18.6 Å². The van der Waals surface area contributed by atoms with E-state index in [0.29, 0.717) is 12.1 Å². The van der Waals surface area contributed by atoms with Gasteiger partial charge >= 0.3 is 0 Å². The van der Waals surface area contributed by atoms with E-state index in [1.807, 2.05) is 23.9 Å². The molecule has 1 aliphatic rings. The van der Waals surface area contributed by atoms with Crippen LogP contribution in [0.1, 0.15) is 24.9 Å². The van der Waals surface area contributed by atoms with E-state index in [0.717, 1.165) is 5.75 Å². The van der Waals surface area contributed by atoms with Crippen molar-refractivity contribution in [3.05, 3.63) is 29.8 Å². The zero-order valence-electron chi connectivity index (χ0n) is 9.90. The fourth-order valence-electron chi connectivity index (χ4n) is 1.97. The normalized spacial score (nSPS) is 25.4. The minimum absolute atomic E-state index is 0.495. The summed E-state index contributed by atoms with van der Waals surface area (Å²) in [5.74, 6) is 3.34. The molecule has 88 valence electrons. The molecule has 0 spiro atoms. The number of hydrogen-bond donors (Lipinski definition) is 1. The lowest BCUT2D eigenvalue weighted by Gasteiger charge is -2.30. The molecule has 0 saturated carbocycles. The van der Waals surface area contributed by atoms with E-state index in [2.05, 4.69) is 24.4 Å². The van der Waals surface area contributed by atoms with Crippen LogP contribution in [0.15, 0.2) is 24.3 Å². The van der Waals surface area contributed by atoms with Crippen LogP contribution in [0.3, 0.4) is 0 Å². The van der Waals surface area contributed by atoms with Crippen LogP contribution >= 0.6 is 11.8 Å². The third kappa shape index (κ3) is 2.71. The van der Waals surface area contributed by atoms with Crippen LogP contribution in [-0.4, -0.2) is 24.7 Å². The first-order valence-electron chi connectivity index (χ1n) is 5.81. The Morgan fingerprint density at radius 1 is 1.31 bits per heavy atom. The summed E-state index contributed by atoms with van der Waals surface area (Å²) in [4.78, 5) is 0. The molecule has 2 nitrogen and oxygen atoms in total. The van der Waals surface area contributed by atoms with E-state index in [1.165, 1.54) is 23.5 Å².